The van der Waals surface area contributed by atoms with Gasteiger partial charge >= 0.3 is 0 Å². The van der Waals surface area contributed by atoms with Crippen LogP contribution in [0.3, 0.4) is 0 Å². The molecule has 2 rings (SSSR count). The third kappa shape index (κ3) is 1.73. The molecule has 0 bridgehead atoms. The highest BCUT2D eigenvalue weighted by Gasteiger charge is 2.44. The van der Waals surface area contributed by atoms with Crippen LogP contribution in [0, 0.1) is 0 Å². The molecule has 1 aliphatic heterocycles. The van der Waals surface area contributed by atoms with E-state index in [1.807, 2.05) is 0 Å². The van der Waals surface area contributed by atoms with E-state index in [1.54, 1.807) is 10.4 Å². The Morgan fingerprint density at radius 1 is 1.07 bits per heavy atom. The summed E-state index contributed by atoms with van der Waals surface area (Å²) in [7, 11) is -2.35. The molecule has 0 atom stereocenters. The van der Waals surface area contributed by atoms with E-state index >= 15 is 0 Å². The van der Waals surface area contributed by atoms with Gasteiger partial charge in [-0.1, -0.05) is 60.4 Å². The van der Waals surface area contributed by atoms with Crippen LogP contribution < -0.4 is 10.4 Å². The minimum Gasteiger partial charge on any atom is -0.392 e. The van der Waals surface area contributed by atoms with Crippen LogP contribution in [-0.2, 0) is 6.61 Å². The molecule has 1 nitrogen and oxygen atoms in total. The SMILES string of the molecule is C[Si]1(C)C[Si](C)(C)c2cc(CO)ccc21. The Morgan fingerprint density at radius 3 is 2.27 bits per heavy atom. The van der Waals surface area contributed by atoms with Crippen molar-refractivity contribution in [1.82, 2.24) is 0 Å². The molecule has 1 aromatic carbocycles. The summed E-state index contributed by atoms with van der Waals surface area (Å²) >= 11 is 0. The molecule has 0 aromatic heterocycles. The summed E-state index contributed by atoms with van der Waals surface area (Å²) in [6, 6.07) is 6.65. The fraction of sp³-hybridized carbons (Fsp3) is 0.500. The average molecular weight is 236 g/mol. The van der Waals surface area contributed by atoms with Gasteiger partial charge < -0.3 is 5.11 Å². The van der Waals surface area contributed by atoms with Crippen LogP contribution in [0.1, 0.15) is 5.56 Å². The molecular formula is C12H20OSi2. The van der Waals surface area contributed by atoms with Crippen molar-refractivity contribution < 1.29 is 5.11 Å². The highest BCUT2D eigenvalue weighted by Crippen LogP contribution is 2.26. The van der Waals surface area contributed by atoms with E-state index in [0.29, 0.717) is 0 Å². The Kier molecular flexibility index (Phi) is 2.45. The van der Waals surface area contributed by atoms with Crippen molar-refractivity contribution in [2.75, 3.05) is 0 Å². The largest absolute Gasteiger partial charge is 0.392 e. The van der Waals surface area contributed by atoms with E-state index in [4.69, 9.17) is 0 Å². The van der Waals surface area contributed by atoms with Gasteiger partial charge in [0.05, 0.1) is 22.8 Å². The second-order valence-corrected chi connectivity index (χ2v) is 16.0. The number of rotatable bonds is 1. The summed E-state index contributed by atoms with van der Waals surface area (Å²) in [5.74, 6) is 0. The summed E-state index contributed by atoms with van der Waals surface area (Å²) in [6.45, 7) is 10.1. The van der Waals surface area contributed by atoms with E-state index in [9.17, 15) is 5.11 Å². The smallest absolute Gasteiger partial charge is 0.0782 e. The van der Waals surface area contributed by atoms with Gasteiger partial charge in [-0.3, -0.25) is 0 Å². The van der Waals surface area contributed by atoms with Gasteiger partial charge in [-0.2, -0.15) is 0 Å². The van der Waals surface area contributed by atoms with E-state index in [2.05, 4.69) is 44.4 Å². The van der Waals surface area contributed by atoms with Gasteiger partial charge in [-0.05, 0) is 5.56 Å². The molecule has 0 fully saturated rings. The van der Waals surface area contributed by atoms with Crippen LogP contribution in [0.4, 0.5) is 0 Å². The van der Waals surface area contributed by atoms with Crippen LogP contribution in [0.15, 0.2) is 18.2 Å². The third-order valence-electron chi connectivity index (χ3n) is 3.61. The maximum Gasteiger partial charge on any atom is 0.0782 e. The molecule has 0 saturated carbocycles. The number of benzene rings is 1. The Bertz CT molecular complexity index is 397. The summed E-state index contributed by atoms with van der Waals surface area (Å²) in [4.78, 5) is 0. The zero-order valence-corrected chi connectivity index (χ0v) is 12.1. The van der Waals surface area contributed by atoms with Crippen molar-refractivity contribution in [3.63, 3.8) is 0 Å². The number of hydrogen-bond donors (Lipinski definition) is 1. The fourth-order valence-electron chi connectivity index (χ4n) is 3.14. The molecule has 82 valence electrons. The molecule has 0 amide bonds. The first-order chi connectivity index (χ1) is 6.87. The standard InChI is InChI=1S/C12H20OSi2/c1-14(2)9-15(3,4)12-7-10(8-13)5-6-11(12)14/h5-7,13H,8-9H2,1-4H3. The predicted octanol–water partition coefficient (Wildman–Crippen LogP) is 1.56. The highest BCUT2D eigenvalue weighted by molar-refractivity contribution is 7.14. The molecule has 0 aliphatic carbocycles. The Balaban J connectivity index is 2.60. The molecule has 0 saturated heterocycles. The normalized spacial score (nSPS) is 21.4. The average Bonchev–Trinajstić information content (AvgIpc) is 2.32. The van der Waals surface area contributed by atoms with E-state index < -0.39 is 16.1 Å². The summed E-state index contributed by atoms with van der Waals surface area (Å²) < 4.78 is 0. The fourth-order valence-corrected chi connectivity index (χ4v) is 18.3. The molecule has 0 unspecified atom stereocenters. The first-order valence-corrected chi connectivity index (χ1v) is 12.0. The van der Waals surface area contributed by atoms with Crippen molar-refractivity contribution in [1.29, 1.82) is 0 Å². The quantitative estimate of drug-likeness (QED) is 0.734. The lowest BCUT2D eigenvalue weighted by Gasteiger charge is -2.19. The van der Waals surface area contributed by atoms with Crippen LogP contribution in [0.25, 0.3) is 0 Å². The molecule has 0 spiro atoms. The van der Waals surface area contributed by atoms with Crippen molar-refractivity contribution in [3.05, 3.63) is 23.8 Å². The van der Waals surface area contributed by atoms with Gasteiger partial charge in [0.2, 0.25) is 0 Å². The molecule has 15 heavy (non-hydrogen) atoms. The first-order valence-electron chi connectivity index (χ1n) is 5.61. The molecule has 0 radical (unpaired) electrons. The first kappa shape index (κ1) is 11.1. The molecular weight excluding hydrogens is 216 g/mol. The maximum absolute atomic E-state index is 9.20. The molecule has 1 heterocycles. The zero-order valence-electron chi connectivity index (χ0n) is 10.1. The lowest BCUT2D eigenvalue weighted by molar-refractivity contribution is 0.282. The second kappa shape index (κ2) is 3.30. The summed E-state index contributed by atoms with van der Waals surface area (Å²) in [5, 5.41) is 12.5. The summed E-state index contributed by atoms with van der Waals surface area (Å²) in [6.07, 6.45) is 0. The lowest BCUT2D eigenvalue weighted by atomic mass is 10.2. The van der Waals surface area contributed by atoms with Crippen molar-refractivity contribution in [3.8, 4) is 0 Å². The lowest BCUT2D eigenvalue weighted by Crippen LogP contribution is -2.44. The van der Waals surface area contributed by atoms with Gasteiger partial charge in [0.15, 0.2) is 0 Å². The number of hydrogen-bond acceptors (Lipinski definition) is 1. The Morgan fingerprint density at radius 2 is 1.67 bits per heavy atom. The molecule has 1 aliphatic rings. The second-order valence-electron chi connectivity index (χ2n) is 5.98. The molecule has 1 N–H and O–H groups in total. The van der Waals surface area contributed by atoms with Gasteiger partial charge in [-0.25, -0.2) is 0 Å². The zero-order chi connectivity index (χ0) is 11.3. The van der Waals surface area contributed by atoms with Crippen LogP contribution in [-0.4, -0.2) is 21.3 Å². The molecule has 3 heteroatoms. The Labute approximate surface area is 94.2 Å². The third-order valence-corrected chi connectivity index (χ3v) is 14.7. The van der Waals surface area contributed by atoms with Crippen molar-refractivity contribution in [2.24, 2.45) is 0 Å². The predicted molar refractivity (Wildman–Crippen MR) is 71.4 cm³/mol. The van der Waals surface area contributed by atoms with Crippen molar-refractivity contribution in [2.45, 2.75) is 38.5 Å². The van der Waals surface area contributed by atoms with E-state index in [0.717, 1.165) is 5.56 Å². The van der Waals surface area contributed by atoms with Gasteiger partial charge in [0, 0.05) is 0 Å². The Hall–Kier alpha value is -0.386. The van der Waals surface area contributed by atoms with E-state index in [1.165, 1.54) is 5.67 Å². The van der Waals surface area contributed by atoms with Crippen molar-refractivity contribution >= 4 is 26.5 Å². The van der Waals surface area contributed by atoms with Crippen LogP contribution >= 0.6 is 0 Å². The van der Waals surface area contributed by atoms with Crippen LogP contribution in [0.5, 0.6) is 0 Å². The van der Waals surface area contributed by atoms with Gasteiger partial charge in [0.25, 0.3) is 0 Å². The number of fused-ring (bicyclic) bond motifs is 1. The van der Waals surface area contributed by atoms with Crippen LogP contribution in [0.2, 0.25) is 31.9 Å². The minimum atomic E-state index is -1.19. The number of aliphatic hydroxyl groups is 1. The summed E-state index contributed by atoms with van der Waals surface area (Å²) in [5.41, 5.74) is 2.55. The van der Waals surface area contributed by atoms with E-state index in [-0.39, 0.29) is 6.61 Å². The maximum atomic E-state index is 9.20. The minimum absolute atomic E-state index is 0.180. The molecule has 1 aromatic rings. The van der Waals surface area contributed by atoms with Gasteiger partial charge in [-0.15, -0.1) is 0 Å². The number of aliphatic hydroxyl groups excluding tert-OH is 1. The monoisotopic (exact) mass is 236 g/mol. The highest BCUT2D eigenvalue weighted by atomic mass is 28.4. The van der Waals surface area contributed by atoms with Gasteiger partial charge in [0.1, 0.15) is 0 Å². The topological polar surface area (TPSA) is 20.2 Å².